The number of anilines is 1. The first kappa shape index (κ1) is 15.9. The molecule has 0 bridgehead atoms. The number of H-pyrrole nitrogens is 1. The van der Waals surface area contributed by atoms with Crippen LogP contribution in [0.1, 0.15) is 30.4 Å². The Bertz CT molecular complexity index is 1030. The highest BCUT2D eigenvalue weighted by atomic mass is 32.2. The van der Waals surface area contributed by atoms with Gasteiger partial charge < -0.3 is 10.3 Å². The molecule has 25 heavy (non-hydrogen) atoms. The van der Waals surface area contributed by atoms with E-state index in [2.05, 4.69) is 21.4 Å². The number of nitrogens with zero attached hydrogens (tertiary/aromatic N) is 1. The molecule has 0 aliphatic carbocycles. The fraction of sp³-hybridized carbons (Fsp3) is 0.211. The standard InChI is InChI=1S/C19H17N3O2S/c1-2-25-19-21-17-16(18(24)22-19)14(10-15(23)20-17)13-8-7-11-5-3-4-6-12(11)9-13/h3-9,14H,2,10H2,1H3,(H2,20,21,22,23,24)/t14-/m1/s1. The van der Waals surface area contributed by atoms with Crippen molar-refractivity contribution in [3.05, 3.63) is 63.9 Å². The number of benzene rings is 2. The van der Waals surface area contributed by atoms with E-state index in [-0.39, 0.29) is 23.8 Å². The Balaban J connectivity index is 1.85. The van der Waals surface area contributed by atoms with Crippen LogP contribution in [-0.2, 0) is 4.79 Å². The zero-order valence-corrected chi connectivity index (χ0v) is 14.5. The monoisotopic (exact) mass is 351 g/mol. The third kappa shape index (κ3) is 2.93. The van der Waals surface area contributed by atoms with Gasteiger partial charge in [-0.05, 0) is 22.1 Å². The number of thioether (sulfide) groups is 1. The molecule has 0 fully saturated rings. The summed E-state index contributed by atoms with van der Waals surface area (Å²) in [5, 5.41) is 5.51. The lowest BCUT2D eigenvalue weighted by Crippen LogP contribution is -2.31. The van der Waals surface area contributed by atoms with E-state index in [4.69, 9.17) is 0 Å². The number of amides is 1. The second kappa shape index (κ2) is 6.37. The topological polar surface area (TPSA) is 74.8 Å². The lowest BCUT2D eigenvalue weighted by atomic mass is 9.86. The van der Waals surface area contributed by atoms with Crippen LogP contribution >= 0.6 is 11.8 Å². The van der Waals surface area contributed by atoms with Crippen molar-refractivity contribution in [1.82, 2.24) is 9.97 Å². The molecule has 0 spiro atoms. The molecule has 126 valence electrons. The number of carbonyl (C=O) groups excluding carboxylic acids is 1. The number of aromatic nitrogens is 2. The van der Waals surface area contributed by atoms with Gasteiger partial charge in [0.25, 0.3) is 5.56 Å². The Kier molecular flexibility index (Phi) is 4.05. The summed E-state index contributed by atoms with van der Waals surface area (Å²) in [5.41, 5.74) is 1.31. The lowest BCUT2D eigenvalue weighted by molar-refractivity contribution is -0.116. The third-order valence-electron chi connectivity index (χ3n) is 4.39. The predicted octanol–water partition coefficient (Wildman–Crippen LogP) is 3.51. The smallest absolute Gasteiger partial charge is 0.257 e. The van der Waals surface area contributed by atoms with Gasteiger partial charge in [-0.3, -0.25) is 9.59 Å². The number of aromatic amines is 1. The van der Waals surface area contributed by atoms with Crippen LogP contribution in [0.25, 0.3) is 10.8 Å². The summed E-state index contributed by atoms with van der Waals surface area (Å²) in [5.74, 6) is 0.777. The summed E-state index contributed by atoms with van der Waals surface area (Å²) < 4.78 is 0. The molecule has 1 aromatic heterocycles. The molecule has 2 heterocycles. The summed E-state index contributed by atoms with van der Waals surface area (Å²) >= 11 is 1.44. The molecule has 1 atom stereocenters. The van der Waals surface area contributed by atoms with Crippen LogP contribution in [0.15, 0.2) is 52.4 Å². The Morgan fingerprint density at radius 3 is 2.76 bits per heavy atom. The molecule has 5 nitrogen and oxygen atoms in total. The molecule has 2 aromatic carbocycles. The minimum atomic E-state index is -0.287. The normalized spacial score (nSPS) is 16.5. The maximum Gasteiger partial charge on any atom is 0.257 e. The van der Waals surface area contributed by atoms with Crippen molar-refractivity contribution in [3.8, 4) is 0 Å². The SMILES string of the molecule is CCSc1nc2c(c(=O)[nH]1)[C@@H](c1ccc3ccccc3c1)CC(=O)N2. The average Bonchev–Trinajstić information content (AvgIpc) is 2.60. The van der Waals surface area contributed by atoms with E-state index in [0.717, 1.165) is 22.1 Å². The minimum absolute atomic E-state index is 0.115. The molecular weight excluding hydrogens is 334 g/mol. The van der Waals surface area contributed by atoms with Crippen LogP contribution in [0.2, 0.25) is 0 Å². The summed E-state index contributed by atoms with van der Waals surface area (Å²) in [6.07, 6.45) is 0.246. The van der Waals surface area contributed by atoms with Gasteiger partial charge in [-0.25, -0.2) is 4.98 Å². The highest BCUT2D eigenvalue weighted by molar-refractivity contribution is 7.99. The highest BCUT2D eigenvalue weighted by Crippen LogP contribution is 2.35. The zero-order chi connectivity index (χ0) is 17.4. The lowest BCUT2D eigenvalue weighted by Gasteiger charge is -2.24. The molecule has 3 aromatic rings. The largest absolute Gasteiger partial charge is 0.310 e. The maximum absolute atomic E-state index is 12.7. The predicted molar refractivity (Wildman–Crippen MR) is 100 cm³/mol. The molecule has 1 aliphatic heterocycles. The van der Waals surface area contributed by atoms with Crippen LogP contribution in [0, 0.1) is 0 Å². The van der Waals surface area contributed by atoms with Gasteiger partial charge in [0.2, 0.25) is 5.91 Å². The molecule has 0 unspecified atom stereocenters. The van der Waals surface area contributed by atoms with Crippen molar-refractivity contribution in [2.75, 3.05) is 11.1 Å². The van der Waals surface area contributed by atoms with Gasteiger partial charge in [0.05, 0.1) is 5.56 Å². The second-order valence-electron chi connectivity index (χ2n) is 5.98. The summed E-state index contributed by atoms with van der Waals surface area (Å²) in [4.78, 5) is 32.1. The molecule has 0 radical (unpaired) electrons. The van der Waals surface area contributed by atoms with E-state index in [9.17, 15) is 9.59 Å². The van der Waals surface area contributed by atoms with Gasteiger partial charge in [-0.2, -0.15) is 0 Å². The Hall–Kier alpha value is -2.60. The molecular formula is C19H17N3O2S. The van der Waals surface area contributed by atoms with Gasteiger partial charge in [0.1, 0.15) is 5.82 Å². The van der Waals surface area contributed by atoms with Crippen molar-refractivity contribution in [2.45, 2.75) is 24.4 Å². The maximum atomic E-state index is 12.7. The molecule has 0 saturated heterocycles. The van der Waals surface area contributed by atoms with E-state index < -0.39 is 0 Å². The van der Waals surface area contributed by atoms with Gasteiger partial charge >= 0.3 is 0 Å². The minimum Gasteiger partial charge on any atom is -0.310 e. The Morgan fingerprint density at radius 1 is 1.16 bits per heavy atom. The quantitative estimate of drug-likeness (QED) is 0.559. The van der Waals surface area contributed by atoms with Crippen LogP contribution in [0.4, 0.5) is 5.82 Å². The van der Waals surface area contributed by atoms with E-state index in [1.807, 2.05) is 43.3 Å². The fourth-order valence-electron chi connectivity index (χ4n) is 3.26. The van der Waals surface area contributed by atoms with E-state index >= 15 is 0 Å². The molecule has 1 amide bonds. The van der Waals surface area contributed by atoms with Crippen molar-refractivity contribution < 1.29 is 4.79 Å². The number of carbonyl (C=O) groups is 1. The van der Waals surface area contributed by atoms with E-state index in [0.29, 0.717) is 16.5 Å². The van der Waals surface area contributed by atoms with E-state index in [1.165, 1.54) is 11.8 Å². The van der Waals surface area contributed by atoms with Crippen molar-refractivity contribution >= 4 is 34.3 Å². The number of rotatable bonds is 3. The molecule has 2 N–H and O–H groups in total. The van der Waals surface area contributed by atoms with Crippen molar-refractivity contribution in [3.63, 3.8) is 0 Å². The summed E-state index contributed by atoms with van der Waals surface area (Å²) in [6, 6.07) is 14.1. The summed E-state index contributed by atoms with van der Waals surface area (Å²) in [7, 11) is 0. The number of hydrogen-bond donors (Lipinski definition) is 2. The van der Waals surface area contributed by atoms with Crippen molar-refractivity contribution in [2.24, 2.45) is 0 Å². The van der Waals surface area contributed by atoms with Crippen LogP contribution in [-0.4, -0.2) is 21.6 Å². The Morgan fingerprint density at radius 2 is 1.96 bits per heavy atom. The third-order valence-corrected chi connectivity index (χ3v) is 5.14. The van der Waals surface area contributed by atoms with Gasteiger partial charge in [0, 0.05) is 12.3 Å². The Labute approximate surface area is 148 Å². The number of fused-ring (bicyclic) bond motifs is 2. The van der Waals surface area contributed by atoms with Crippen molar-refractivity contribution in [1.29, 1.82) is 0 Å². The average molecular weight is 351 g/mol. The first-order valence-electron chi connectivity index (χ1n) is 8.21. The summed E-state index contributed by atoms with van der Waals surface area (Å²) in [6.45, 7) is 1.99. The fourth-order valence-corrected chi connectivity index (χ4v) is 3.86. The first-order chi connectivity index (χ1) is 12.2. The van der Waals surface area contributed by atoms with Gasteiger partial charge in [0.15, 0.2) is 5.16 Å². The second-order valence-corrected chi connectivity index (χ2v) is 7.23. The van der Waals surface area contributed by atoms with Crippen LogP contribution in [0.5, 0.6) is 0 Å². The van der Waals surface area contributed by atoms with E-state index in [1.54, 1.807) is 0 Å². The van der Waals surface area contributed by atoms with Crippen LogP contribution in [0.3, 0.4) is 0 Å². The van der Waals surface area contributed by atoms with Gasteiger partial charge in [-0.15, -0.1) is 0 Å². The first-order valence-corrected chi connectivity index (χ1v) is 9.20. The molecule has 6 heteroatoms. The molecule has 4 rings (SSSR count). The van der Waals surface area contributed by atoms with Crippen LogP contribution < -0.4 is 10.9 Å². The number of nitrogens with one attached hydrogen (secondary N) is 2. The molecule has 1 aliphatic rings. The number of hydrogen-bond acceptors (Lipinski definition) is 4. The zero-order valence-electron chi connectivity index (χ0n) is 13.7. The highest BCUT2D eigenvalue weighted by Gasteiger charge is 2.31. The molecule has 0 saturated carbocycles. The van der Waals surface area contributed by atoms with Gasteiger partial charge in [-0.1, -0.05) is 61.2 Å².